The van der Waals surface area contributed by atoms with E-state index in [2.05, 4.69) is 34.2 Å². The summed E-state index contributed by atoms with van der Waals surface area (Å²) in [6.45, 7) is 0. The molecule has 2 nitrogen and oxygen atoms in total. The molecule has 122 valence electrons. The zero-order chi connectivity index (χ0) is 17.1. The molecule has 0 heterocycles. The Kier molecular flexibility index (Phi) is 4.75. The van der Waals surface area contributed by atoms with Gasteiger partial charge in [-0.2, -0.15) is 0 Å². The summed E-state index contributed by atoms with van der Waals surface area (Å²) in [5.41, 5.74) is 7.02. The maximum atomic E-state index is 13.0. The molecule has 0 bridgehead atoms. The summed E-state index contributed by atoms with van der Waals surface area (Å²) in [6.07, 6.45) is 0.621. The second-order valence-corrected chi connectivity index (χ2v) is 16.4. The molecule has 24 heavy (non-hydrogen) atoms. The number of nitrogens with two attached hydrogens (primary N) is 1. The van der Waals surface area contributed by atoms with Crippen molar-refractivity contribution in [2.24, 2.45) is 5.73 Å². The van der Waals surface area contributed by atoms with Crippen LogP contribution in [0, 0.1) is 0 Å². The Bertz CT molecular complexity index is 798. The van der Waals surface area contributed by atoms with Crippen LogP contribution in [0.2, 0.25) is 0 Å². The molecule has 0 aliphatic heterocycles. The van der Waals surface area contributed by atoms with E-state index in [-0.39, 0.29) is 5.65 Å². The molecule has 0 saturated carbocycles. The Hall–Kier alpha value is -1.71. The van der Waals surface area contributed by atoms with Crippen molar-refractivity contribution in [3.8, 4) is 0 Å². The van der Waals surface area contributed by atoms with Crippen molar-refractivity contribution in [2.45, 2.75) is 6.16 Å². The van der Waals surface area contributed by atoms with Crippen LogP contribution in [0.15, 0.2) is 91.0 Å². The number of hydrogen-bond acceptors (Lipinski definition) is 1. The Labute approximate surface area is 155 Å². The first-order valence-electron chi connectivity index (χ1n) is 7.73. The molecule has 3 aromatic rings. The fourth-order valence-corrected chi connectivity index (χ4v) is 9.99. The SMILES string of the molecule is NC(=O)P(I)(Cc1ccccc1)(c1ccccc1)c1ccccc1. The van der Waals surface area contributed by atoms with Crippen molar-refractivity contribution in [1.82, 2.24) is 0 Å². The molecule has 3 rings (SSSR count). The molecular formula is C20H19INOP. The van der Waals surface area contributed by atoms with Crippen LogP contribution < -0.4 is 16.3 Å². The first kappa shape index (κ1) is 17.1. The third kappa shape index (κ3) is 2.76. The zero-order valence-electron chi connectivity index (χ0n) is 13.2. The summed E-state index contributed by atoms with van der Waals surface area (Å²) in [5, 5.41) is 2.04. The van der Waals surface area contributed by atoms with Crippen LogP contribution in [-0.4, -0.2) is 5.65 Å². The summed E-state index contributed by atoms with van der Waals surface area (Å²) < 4.78 is -3.26. The molecular weight excluding hydrogens is 428 g/mol. The number of hydrogen-bond donors (Lipinski definition) is 1. The second kappa shape index (κ2) is 6.66. The van der Waals surface area contributed by atoms with Crippen molar-refractivity contribution >= 4 is 42.5 Å². The first-order chi connectivity index (χ1) is 11.6. The van der Waals surface area contributed by atoms with Gasteiger partial charge in [0.15, 0.2) is 0 Å². The molecule has 3 aromatic carbocycles. The van der Waals surface area contributed by atoms with Crippen LogP contribution in [0.3, 0.4) is 0 Å². The number of carbonyl (C=O) groups excluding carboxylic acids is 1. The van der Waals surface area contributed by atoms with Gasteiger partial charge in [-0.15, -0.1) is 0 Å². The molecule has 0 aliphatic rings. The quantitative estimate of drug-likeness (QED) is 0.443. The number of amides is 1. The summed E-state index contributed by atoms with van der Waals surface area (Å²) in [4.78, 5) is 13.0. The molecule has 0 radical (unpaired) electrons. The van der Waals surface area contributed by atoms with Gasteiger partial charge < -0.3 is 0 Å². The van der Waals surface area contributed by atoms with E-state index in [1.54, 1.807) is 0 Å². The second-order valence-electron chi connectivity index (χ2n) is 5.84. The van der Waals surface area contributed by atoms with E-state index in [9.17, 15) is 4.79 Å². The van der Waals surface area contributed by atoms with Crippen molar-refractivity contribution in [2.75, 3.05) is 0 Å². The number of carbonyl (C=O) groups is 1. The molecule has 2 N–H and O–H groups in total. The zero-order valence-corrected chi connectivity index (χ0v) is 16.2. The van der Waals surface area contributed by atoms with Crippen molar-refractivity contribution in [3.63, 3.8) is 0 Å². The monoisotopic (exact) mass is 447 g/mol. The standard InChI is InChI=1S/C20H19INOP/c21-24(20(22)23,18-12-6-2-7-13-18,19-14-8-3-9-15-19)16-17-10-4-1-5-11-17/h1-15H,16H2,(H2,22,23). The molecule has 4 heteroatoms. The van der Waals surface area contributed by atoms with E-state index >= 15 is 0 Å². The Morgan fingerprint density at radius 2 is 1.12 bits per heavy atom. The van der Waals surface area contributed by atoms with E-state index in [0.717, 1.165) is 16.2 Å². The Morgan fingerprint density at radius 3 is 1.50 bits per heavy atom. The van der Waals surface area contributed by atoms with Gasteiger partial charge in [0.25, 0.3) is 0 Å². The minimum atomic E-state index is -3.26. The molecule has 0 saturated heterocycles. The average molecular weight is 447 g/mol. The van der Waals surface area contributed by atoms with Gasteiger partial charge in [-0.05, 0) is 0 Å². The number of rotatable bonds is 5. The van der Waals surface area contributed by atoms with Crippen molar-refractivity contribution in [1.29, 1.82) is 0 Å². The molecule has 0 atom stereocenters. The summed E-state index contributed by atoms with van der Waals surface area (Å²) in [5.74, 6) is 0. The fraction of sp³-hybridized carbons (Fsp3) is 0.0500. The van der Waals surface area contributed by atoms with E-state index in [0.29, 0.717) is 6.16 Å². The van der Waals surface area contributed by atoms with E-state index < -0.39 is 4.25 Å². The first-order valence-corrected chi connectivity index (χ1v) is 12.9. The molecule has 0 fully saturated rings. The topological polar surface area (TPSA) is 43.1 Å². The normalized spacial score (nSPS) is 13.0. The van der Waals surface area contributed by atoms with Crippen LogP contribution in [0.5, 0.6) is 0 Å². The van der Waals surface area contributed by atoms with E-state index in [4.69, 9.17) is 5.73 Å². The van der Waals surface area contributed by atoms with Gasteiger partial charge in [0.05, 0.1) is 0 Å². The number of primary amides is 1. The third-order valence-electron chi connectivity index (χ3n) is 4.37. The number of benzene rings is 3. The van der Waals surface area contributed by atoms with Crippen molar-refractivity contribution in [3.05, 3.63) is 96.6 Å². The van der Waals surface area contributed by atoms with Crippen LogP contribution in [0.1, 0.15) is 5.56 Å². The summed E-state index contributed by atoms with van der Waals surface area (Å²) in [6, 6.07) is 30.1. The van der Waals surface area contributed by atoms with E-state index in [1.807, 2.05) is 78.9 Å². The minimum absolute atomic E-state index is 0.233. The Balaban J connectivity index is 2.32. The maximum absolute atomic E-state index is 13.0. The molecule has 0 spiro atoms. The van der Waals surface area contributed by atoms with Gasteiger partial charge in [-0.1, -0.05) is 0 Å². The number of halogens is 1. The molecule has 0 aromatic heterocycles. The summed E-state index contributed by atoms with van der Waals surface area (Å²) in [7, 11) is 0. The van der Waals surface area contributed by atoms with Crippen molar-refractivity contribution < 1.29 is 4.79 Å². The van der Waals surface area contributed by atoms with Gasteiger partial charge in [0.1, 0.15) is 0 Å². The van der Waals surface area contributed by atoms with Gasteiger partial charge in [-0.25, -0.2) is 0 Å². The summed E-state index contributed by atoms with van der Waals surface area (Å²) >= 11 is 2.39. The fourth-order valence-electron chi connectivity index (χ4n) is 3.07. The van der Waals surface area contributed by atoms with Gasteiger partial charge in [-0.3, -0.25) is 0 Å². The van der Waals surface area contributed by atoms with Crippen LogP contribution in [0.4, 0.5) is 4.79 Å². The third-order valence-corrected chi connectivity index (χ3v) is 14.8. The Morgan fingerprint density at radius 1 is 0.750 bits per heavy atom. The molecule has 0 unspecified atom stereocenters. The van der Waals surface area contributed by atoms with Gasteiger partial charge >= 0.3 is 156 Å². The van der Waals surface area contributed by atoms with E-state index in [1.165, 1.54) is 0 Å². The van der Waals surface area contributed by atoms with Gasteiger partial charge in [0.2, 0.25) is 0 Å². The average Bonchev–Trinajstić information content (AvgIpc) is 2.64. The van der Waals surface area contributed by atoms with Gasteiger partial charge in [0, 0.05) is 0 Å². The molecule has 0 aliphatic carbocycles. The molecule has 1 amide bonds. The van der Waals surface area contributed by atoms with Crippen LogP contribution in [0.25, 0.3) is 0 Å². The predicted octanol–water partition coefficient (Wildman–Crippen LogP) is 4.82. The van der Waals surface area contributed by atoms with Crippen LogP contribution >= 0.6 is 26.3 Å². The predicted molar refractivity (Wildman–Crippen MR) is 113 cm³/mol. The van der Waals surface area contributed by atoms with Crippen LogP contribution in [-0.2, 0) is 6.16 Å².